The van der Waals surface area contributed by atoms with Crippen LogP contribution in [0.1, 0.15) is 5.56 Å². The van der Waals surface area contributed by atoms with Crippen molar-refractivity contribution in [2.75, 3.05) is 22.8 Å². The molecule has 0 aliphatic rings. The number of sulfonamides is 1. The van der Waals surface area contributed by atoms with Gasteiger partial charge >= 0.3 is 0 Å². The van der Waals surface area contributed by atoms with E-state index in [1.807, 2.05) is 30.3 Å². The second kappa shape index (κ2) is 6.43. The first kappa shape index (κ1) is 14.4. The lowest BCUT2D eigenvalue weighted by molar-refractivity contribution is 0.607. The zero-order valence-electron chi connectivity index (χ0n) is 11.3. The van der Waals surface area contributed by atoms with Crippen molar-refractivity contribution in [1.82, 2.24) is 0 Å². The van der Waals surface area contributed by atoms with E-state index in [2.05, 4.69) is 22.2 Å². The molecule has 20 heavy (non-hydrogen) atoms. The molecule has 5 heteroatoms. The van der Waals surface area contributed by atoms with Gasteiger partial charge in [-0.3, -0.25) is 4.72 Å². The fourth-order valence-corrected chi connectivity index (χ4v) is 2.49. The predicted octanol–water partition coefficient (Wildman–Crippen LogP) is 2.71. The summed E-state index contributed by atoms with van der Waals surface area (Å²) in [5, 5.41) is 3.26. The molecule has 0 aliphatic carbocycles. The van der Waals surface area contributed by atoms with E-state index in [9.17, 15) is 8.42 Å². The Morgan fingerprint density at radius 2 is 1.50 bits per heavy atom. The number of nitrogens with one attached hydrogen (secondary N) is 2. The van der Waals surface area contributed by atoms with Gasteiger partial charge in [0.25, 0.3) is 0 Å². The average molecular weight is 290 g/mol. The highest BCUT2D eigenvalue weighted by Crippen LogP contribution is 2.21. The molecule has 0 amide bonds. The molecule has 0 fully saturated rings. The van der Waals surface area contributed by atoms with Crippen LogP contribution in [0.2, 0.25) is 0 Å². The summed E-state index contributed by atoms with van der Waals surface area (Å²) in [4.78, 5) is 0. The van der Waals surface area contributed by atoms with E-state index in [-0.39, 0.29) is 0 Å². The quantitative estimate of drug-likeness (QED) is 0.860. The Labute approximate surface area is 119 Å². The van der Waals surface area contributed by atoms with Crippen LogP contribution in [0.5, 0.6) is 0 Å². The maximum Gasteiger partial charge on any atom is 0.229 e. The first-order chi connectivity index (χ1) is 9.54. The molecule has 2 rings (SSSR count). The molecular formula is C15H18N2O2S. The van der Waals surface area contributed by atoms with Crippen molar-refractivity contribution in [2.45, 2.75) is 6.42 Å². The molecule has 0 heterocycles. The molecule has 0 spiro atoms. The summed E-state index contributed by atoms with van der Waals surface area (Å²) in [5.41, 5.74) is 2.60. The van der Waals surface area contributed by atoms with Crippen molar-refractivity contribution < 1.29 is 8.42 Å². The highest BCUT2D eigenvalue weighted by molar-refractivity contribution is 7.92. The van der Waals surface area contributed by atoms with Crippen LogP contribution < -0.4 is 10.0 Å². The SMILES string of the molecule is CS(=O)(=O)Nc1ccccc1NCCc1ccccc1. The van der Waals surface area contributed by atoms with Crippen LogP contribution in [-0.4, -0.2) is 21.2 Å². The topological polar surface area (TPSA) is 58.2 Å². The highest BCUT2D eigenvalue weighted by Gasteiger charge is 2.06. The summed E-state index contributed by atoms with van der Waals surface area (Å²) in [6.07, 6.45) is 2.03. The summed E-state index contributed by atoms with van der Waals surface area (Å²) in [6.45, 7) is 0.743. The van der Waals surface area contributed by atoms with Crippen molar-refractivity contribution in [3.05, 3.63) is 60.2 Å². The number of anilines is 2. The van der Waals surface area contributed by atoms with Crippen molar-refractivity contribution >= 4 is 21.4 Å². The van der Waals surface area contributed by atoms with Crippen molar-refractivity contribution in [1.29, 1.82) is 0 Å². The standard InChI is InChI=1S/C15H18N2O2S/c1-20(18,19)17-15-10-6-5-9-14(15)16-12-11-13-7-3-2-4-8-13/h2-10,16-17H,11-12H2,1H3. The number of rotatable bonds is 6. The number of hydrogen-bond acceptors (Lipinski definition) is 3. The third-order valence-corrected chi connectivity index (χ3v) is 3.39. The first-order valence-corrected chi connectivity index (χ1v) is 8.28. The minimum absolute atomic E-state index is 0.572. The van der Waals surface area contributed by atoms with Gasteiger partial charge in [0.05, 0.1) is 17.6 Å². The Bertz CT molecular complexity index is 655. The summed E-state index contributed by atoms with van der Waals surface area (Å²) in [5.74, 6) is 0. The van der Waals surface area contributed by atoms with E-state index in [1.54, 1.807) is 12.1 Å². The molecule has 0 saturated carbocycles. The van der Waals surface area contributed by atoms with Gasteiger partial charge in [-0.2, -0.15) is 0 Å². The Kier molecular flexibility index (Phi) is 4.63. The molecule has 106 valence electrons. The molecule has 2 aromatic carbocycles. The smallest absolute Gasteiger partial charge is 0.229 e. The van der Waals surface area contributed by atoms with Crippen LogP contribution >= 0.6 is 0 Å². The lowest BCUT2D eigenvalue weighted by Crippen LogP contribution is -2.13. The lowest BCUT2D eigenvalue weighted by atomic mass is 10.1. The second-order valence-electron chi connectivity index (χ2n) is 4.58. The molecule has 0 aromatic heterocycles. The Hall–Kier alpha value is -2.01. The summed E-state index contributed by atoms with van der Waals surface area (Å²) in [7, 11) is -3.27. The minimum Gasteiger partial charge on any atom is -0.383 e. The van der Waals surface area contributed by atoms with Crippen LogP contribution in [0.25, 0.3) is 0 Å². The molecule has 0 radical (unpaired) electrons. The van der Waals surface area contributed by atoms with Gasteiger partial charge < -0.3 is 5.32 Å². The van der Waals surface area contributed by atoms with Gasteiger partial charge in [-0.05, 0) is 24.1 Å². The Morgan fingerprint density at radius 1 is 0.900 bits per heavy atom. The Morgan fingerprint density at radius 3 is 2.15 bits per heavy atom. The number of benzene rings is 2. The fourth-order valence-electron chi connectivity index (χ4n) is 1.91. The molecule has 0 unspecified atom stereocenters. The van der Waals surface area contributed by atoms with Crippen LogP contribution in [0, 0.1) is 0 Å². The Balaban J connectivity index is 1.99. The monoisotopic (exact) mass is 290 g/mol. The maximum absolute atomic E-state index is 11.3. The second-order valence-corrected chi connectivity index (χ2v) is 6.33. The van der Waals surface area contributed by atoms with Crippen LogP contribution in [0.15, 0.2) is 54.6 Å². The van der Waals surface area contributed by atoms with Gasteiger partial charge in [0.15, 0.2) is 0 Å². The van der Waals surface area contributed by atoms with E-state index < -0.39 is 10.0 Å². The van der Waals surface area contributed by atoms with Gasteiger partial charge in [0.1, 0.15) is 0 Å². The van der Waals surface area contributed by atoms with Gasteiger partial charge in [0, 0.05) is 6.54 Å². The van der Waals surface area contributed by atoms with Gasteiger partial charge in [0.2, 0.25) is 10.0 Å². The molecule has 2 aromatic rings. The first-order valence-electron chi connectivity index (χ1n) is 6.39. The van der Waals surface area contributed by atoms with Gasteiger partial charge in [-0.25, -0.2) is 8.42 Å². The molecule has 4 nitrogen and oxygen atoms in total. The molecule has 0 bridgehead atoms. The minimum atomic E-state index is -3.27. The maximum atomic E-state index is 11.3. The largest absolute Gasteiger partial charge is 0.383 e. The van der Waals surface area contributed by atoms with E-state index in [0.717, 1.165) is 24.9 Å². The van der Waals surface area contributed by atoms with E-state index >= 15 is 0 Å². The van der Waals surface area contributed by atoms with Crippen molar-refractivity contribution in [3.63, 3.8) is 0 Å². The zero-order chi connectivity index (χ0) is 14.4. The van der Waals surface area contributed by atoms with E-state index in [4.69, 9.17) is 0 Å². The summed E-state index contributed by atoms with van der Waals surface area (Å²) in [6, 6.07) is 17.4. The van der Waals surface area contributed by atoms with Gasteiger partial charge in [-0.15, -0.1) is 0 Å². The summed E-state index contributed by atoms with van der Waals surface area (Å²) >= 11 is 0. The van der Waals surface area contributed by atoms with Crippen LogP contribution in [0.3, 0.4) is 0 Å². The van der Waals surface area contributed by atoms with Crippen molar-refractivity contribution in [3.8, 4) is 0 Å². The molecular weight excluding hydrogens is 272 g/mol. The summed E-state index contributed by atoms with van der Waals surface area (Å²) < 4.78 is 25.1. The lowest BCUT2D eigenvalue weighted by Gasteiger charge is -2.12. The fraction of sp³-hybridized carbons (Fsp3) is 0.200. The van der Waals surface area contributed by atoms with Crippen LogP contribution in [-0.2, 0) is 16.4 Å². The normalized spacial score (nSPS) is 11.1. The number of hydrogen-bond donors (Lipinski definition) is 2. The van der Waals surface area contributed by atoms with Crippen molar-refractivity contribution in [2.24, 2.45) is 0 Å². The zero-order valence-corrected chi connectivity index (χ0v) is 12.2. The van der Waals surface area contributed by atoms with Gasteiger partial charge in [-0.1, -0.05) is 42.5 Å². The molecule has 0 atom stereocenters. The average Bonchev–Trinajstić information content (AvgIpc) is 2.40. The molecule has 0 saturated heterocycles. The third-order valence-electron chi connectivity index (χ3n) is 2.79. The van der Waals surface area contributed by atoms with E-state index in [0.29, 0.717) is 5.69 Å². The third kappa shape index (κ3) is 4.59. The number of para-hydroxylation sites is 2. The molecule has 0 aliphatic heterocycles. The van der Waals surface area contributed by atoms with E-state index in [1.165, 1.54) is 5.56 Å². The predicted molar refractivity (Wildman–Crippen MR) is 83.5 cm³/mol. The molecule has 2 N–H and O–H groups in total. The highest BCUT2D eigenvalue weighted by atomic mass is 32.2. The van der Waals surface area contributed by atoms with Crippen LogP contribution in [0.4, 0.5) is 11.4 Å².